The van der Waals surface area contributed by atoms with Crippen LogP contribution in [-0.4, -0.2) is 31.1 Å². The van der Waals surface area contributed by atoms with Crippen LogP contribution in [0.3, 0.4) is 0 Å². The van der Waals surface area contributed by atoms with Crippen LogP contribution in [0.4, 0.5) is 0 Å². The smallest absolute Gasteiger partial charge is 0.164 e. The normalized spacial score (nSPS) is 10.6. The molecule has 94 valence electrons. The molecule has 5 heteroatoms. The van der Waals surface area contributed by atoms with E-state index < -0.39 is 0 Å². The van der Waals surface area contributed by atoms with Crippen molar-refractivity contribution in [1.29, 1.82) is 0 Å². The van der Waals surface area contributed by atoms with Gasteiger partial charge in [0, 0.05) is 26.7 Å². The Balaban J connectivity index is 3.22. The standard InChI is InChI=1S/C12H17NOS3/c1-15-10-6-8(9(14)4-5-13)7-11(16-2)12(10)17-3/h6-7H,4-5,13H2,1-3H3. The summed E-state index contributed by atoms with van der Waals surface area (Å²) in [6.07, 6.45) is 6.56. The van der Waals surface area contributed by atoms with E-state index in [1.165, 1.54) is 14.7 Å². The number of nitrogens with two attached hydrogens (primary N) is 1. The van der Waals surface area contributed by atoms with E-state index in [0.29, 0.717) is 13.0 Å². The Morgan fingerprint density at radius 3 is 2.00 bits per heavy atom. The van der Waals surface area contributed by atoms with Crippen molar-refractivity contribution in [3.05, 3.63) is 17.7 Å². The molecular weight excluding hydrogens is 270 g/mol. The van der Waals surface area contributed by atoms with E-state index in [2.05, 4.69) is 6.26 Å². The Kier molecular flexibility index (Phi) is 6.48. The molecule has 17 heavy (non-hydrogen) atoms. The van der Waals surface area contributed by atoms with Crippen molar-refractivity contribution < 1.29 is 4.79 Å². The van der Waals surface area contributed by atoms with Crippen molar-refractivity contribution in [1.82, 2.24) is 0 Å². The van der Waals surface area contributed by atoms with Crippen LogP contribution in [0.25, 0.3) is 0 Å². The molecule has 0 amide bonds. The van der Waals surface area contributed by atoms with Crippen LogP contribution in [0, 0.1) is 0 Å². The number of ketones is 1. The molecule has 0 aliphatic carbocycles. The van der Waals surface area contributed by atoms with Gasteiger partial charge in [0.25, 0.3) is 0 Å². The average Bonchev–Trinajstić information content (AvgIpc) is 2.37. The van der Waals surface area contributed by atoms with Gasteiger partial charge in [-0.2, -0.15) is 0 Å². The fourth-order valence-corrected chi connectivity index (χ4v) is 4.18. The van der Waals surface area contributed by atoms with Gasteiger partial charge >= 0.3 is 0 Å². The second kappa shape index (κ2) is 7.36. The SMILES string of the molecule is CSc1cc(C(=O)CCN)cc(SC)c1SC. The molecule has 0 aliphatic heterocycles. The van der Waals surface area contributed by atoms with Crippen LogP contribution in [0.5, 0.6) is 0 Å². The van der Waals surface area contributed by atoms with E-state index in [1.807, 2.05) is 24.6 Å². The highest BCUT2D eigenvalue weighted by atomic mass is 32.2. The molecule has 0 aromatic heterocycles. The number of benzene rings is 1. The molecule has 2 N–H and O–H groups in total. The summed E-state index contributed by atoms with van der Waals surface area (Å²) in [5.74, 6) is 0.130. The van der Waals surface area contributed by atoms with Crippen molar-refractivity contribution in [2.24, 2.45) is 5.73 Å². The molecule has 0 saturated heterocycles. The van der Waals surface area contributed by atoms with Crippen molar-refractivity contribution in [3.8, 4) is 0 Å². The van der Waals surface area contributed by atoms with Crippen molar-refractivity contribution >= 4 is 41.1 Å². The average molecular weight is 287 g/mol. The molecule has 0 saturated carbocycles. The Morgan fingerprint density at radius 1 is 1.12 bits per heavy atom. The zero-order valence-corrected chi connectivity index (χ0v) is 12.7. The number of thioether (sulfide) groups is 3. The zero-order chi connectivity index (χ0) is 12.8. The fourth-order valence-electron chi connectivity index (χ4n) is 1.52. The first-order valence-corrected chi connectivity index (χ1v) is 8.88. The summed E-state index contributed by atoms with van der Waals surface area (Å²) in [5, 5.41) is 0. The molecule has 0 unspecified atom stereocenters. The van der Waals surface area contributed by atoms with Crippen LogP contribution in [0.15, 0.2) is 26.8 Å². The minimum atomic E-state index is 0.130. The fraction of sp³-hybridized carbons (Fsp3) is 0.417. The molecule has 0 spiro atoms. The van der Waals surface area contributed by atoms with Gasteiger partial charge < -0.3 is 5.73 Å². The Bertz CT molecular complexity index is 382. The lowest BCUT2D eigenvalue weighted by molar-refractivity contribution is 0.0985. The van der Waals surface area contributed by atoms with Gasteiger partial charge in [0.1, 0.15) is 0 Å². The maximum Gasteiger partial charge on any atom is 0.164 e. The predicted octanol–water partition coefficient (Wildman–Crippen LogP) is 3.38. The van der Waals surface area contributed by atoms with Gasteiger partial charge in [0.15, 0.2) is 5.78 Å². The molecule has 1 aromatic carbocycles. The molecule has 0 fully saturated rings. The third-order valence-corrected chi connectivity index (χ3v) is 4.99. The number of hydrogen-bond donors (Lipinski definition) is 1. The summed E-state index contributed by atoms with van der Waals surface area (Å²) in [5.41, 5.74) is 6.21. The van der Waals surface area contributed by atoms with E-state index in [9.17, 15) is 4.79 Å². The third kappa shape index (κ3) is 3.68. The van der Waals surface area contributed by atoms with E-state index in [1.54, 1.807) is 35.3 Å². The molecular formula is C12H17NOS3. The number of hydrogen-bond acceptors (Lipinski definition) is 5. The first kappa shape index (κ1) is 15.0. The Morgan fingerprint density at radius 2 is 1.65 bits per heavy atom. The maximum absolute atomic E-state index is 11.9. The second-order valence-electron chi connectivity index (χ2n) is 3.38. The molecule has 0 aliphatic rings. The Labute approximate surface area is 115 Å². The van der Waals surface area contributed by atoms with Crippen molar-refractivity contribution in [2.75, 3.05) is 25.3 Å². The summed E-state index contributed by atoms with van der Waals surface area (Å²) in [4.78, 5) is 15.5. The first-order chi connectivity index (χ1) is 8.17. The van der Waals surface area contributed by atoms with Crippen LogP contribution in [-0.2, 0) is 0 Å². The molecule has 0 bridgehead atoms. The molecule has 0 radical (unpaired) electrons. The van der Waals surface area contributed by atoms with E-state index in [0.717, 1.165) is 5.56 Å². The minimum absolute atomic E-state index is 0.130. The molecule has 0 heterocycles. The van der Waals surface area contributed by atoms with Gasteiger partial charge in [0.2, 0.25) is 0 Å². The topological polar surface area (TPSA) is 43.1 Å². The second-order valence-corrected chi connectivity index (χ2v) is 5.89. The van der Waals surface area contributed by atoms with Crippen molar-refractivity contribution in [2.45, 2.75) is 21.1 Å². The third-order valence-electron chi connectivity index (χ3n) is 2.36. The van der Waals surface area contributed by atoms with E-state index in [4.69, 9.17) is 5.73 Å². The summed E-state index contributed by atoms with van der Waals surface area (Å²) < 4.78 is 0. The van der Waals surface area contributed by atoms with Crippen molar-refractivity contribution in [3.63, 3.8) is 0 Å². The lowest BCUT2D eigenvalue weighted by atomic mass is 10.1. The van der Waals surface area contributed by atoms with E-state index in [-0.39, 0.29) is 5.78 Å². The summed E-state index contributed by atoms with van der Waals surface area (Å²) in [6, 6.07) is 3.96. The Hall–Kier alpha value is -0.100. The van der Waals surface area contributed by atoms with Crippen LogP contribution in [0.2, 0.25) is 0 Å². The first-order valence-electron chi connectivity index (χ1n) is 5.21. The molecule has 2 nitrogen and oxygen atoms in total. The summed E-state index contributed by atoms with van der Waals surface area (Å²) in [7, 11) is 0. The van der Waals surface area contributed by atoms with Crippen LogP contribution >= 0.6 is 35.3 Å². The summed E-state index contributed by atoms with van der Waals surface area (Å²) in [6.45, 7) is 0.409. The highest BCUT2D eigenvalue weighted by molar-refractivity contribution is 8.03. The summed E-state index contributed by atoms with van der Waals surface area (Å²) >= 11 is 5.09. The lowest BCUT2D eigenvalue weighted by Crippen LogP contribution is -2.08. The number of rotatable bonds is 6. The number of carbonyl (C=O) groups excluding carboxylic acids is 1. The van der Waals surface area contributed by atoms with Gasteiger partial charge in [-0.15, -0.1) is 35.3 Å². The van der Waals surface area contributed by atoms with Gasteiger partial charge in [-0.1, -0.05) is 0 Å². The van der Waals surface area contributed by atoms with Gasteiger partial charge in [-0.3, -0.25) is 4.79 Å². The molecule has 1 aromatic rings. The largest absolute Gasteiger partial charge is 0.330 e. The molecule has 0 atom stereocenters. The number of carbonyl (C=O) groups is 1. The highest BCUT2D eigenvalue weighted by Gasteiger charge is 2.13. The minimum Gasteiger partial charge on any atom is -0.330 e. The highest BCUT2D eigenvalue weighted by Crippen LogP contribution is 2.37. The van der Waals surface area contributed by atoms with Crippen LogP contribution < -0.4 is 5.73 Å². The quantitative estimate of drug-likeness (QED) is 0.642. The van der Waals surface area contributed by atoms with Gasteiger partial charge in [0.05, 0.1) is 0 Å². The lowest BCUT2D eigenvalue weighted by Gasteiger charge is -2.12. The zero-order valence-electron chi connectivity index (χ0n) is 10.3. The predicted molar refractivity (Wildman–Crippen MR) is 79.8 cm³/mol. The monoisotopic (exact) mass is 287 g/mol. The van der Waals surface area contributed by atoms with Crippen LogP contribution in [0.1, 0.15) is 16.8 Å². The van der Waals surface area contributed by atoms with Gasteiger partial charge in [-0.05, 0) is 37.4 Å². The molecule has 1 rings (SSSR count). The van der Waals surface area contributed by atoms with E-state index >= 15 is 0 Å². The number of Topliss-reactive ketones (excluding diaryl/α,β-unsaturated/α-hetero) is 1. The maximum atomic E-state index is 11.9. The van der Waals surface area contributed by atoms with Gasteiger partial charge in [-0.25, -0.2) is 0 Å².